The van der Waals surface area contributed by atoms with E-state index in [-0.39, 0.29) is 0 Å². The van der Waals surface area contributed by atoms with Gasteiger partial charge in [-0.15, -0.1) is 0 Å². The zero-order valence-corrected chi connectivity index (χ0v) is 8.30. The quantitative estimate of drug-likeness (QED) is 0.652. The SMILES string of the molecule is CC(C)C[C@@H](C)C[C@@H](C)CO. The third-order valence-corrected chi connectivity index (χ3v) is 1.99. The molecule has 0 saturated carbocycles. The topological polar surface area (TPSA) is 20.2 Å². The molecule has 0 aromatic carbocycles. The summed E-state index contributed by atoms with van der Waals surface area (Å²) in [6, 6.07) is 0. The summed E-state index contributed by atoms with van der Waals surface area (Å²) in [4.78, 5) is 0. The molecule has 0 saturated heterocycles. The number of hydrogen-bond acceptors (Lipinski definition) is 1. The smallest absolute Gasteiger partial charge is 0.0456 e. The summed E-state index contributed by atoms with van der Waals surface area (Å²) in [5, 5.41) is 8.82. The van der Waals surface area contributed by atoms with E-state index in [2.05, 4.69) is 27.7 Å². The average molecular weight is 158 g/mol. The Labute approximate surface area is 70.8 Å². The van der Waals surface area contributed by atoms with Crippen LogP contribution >= 0.6 is 0 Å². The van der Waals surface area contributed by atoms with Crippen LogP contribution < -0.4 is 0 Å². The molecule has 0 spiro atoms. The van der Waals surface area contributed by atoms with E-state index >= 15 is 0 Å². The average Bonchev–Trinajstić information content (AvgIpc) is 1.85. The summed E-state index contributed by atoms with van der Waals surface area (Å²) >= 11 is 0. The first-order valence-electron chi connectivity index (χ1n) is 4.67. The van der Waals surface area contributed by atoms with Gasteiger partial charge in [0.05, 0.1) is 0 Å². The minimum Gasteiger partial charge on any atom is -0.396 e. The van der Waals surface area contributed by atoms with Crippen LogP contribution in [0.5, 0.6) is 0 Å². The summed E-state index contributed by atoms with van der Waals surface area (Å²) in [5.41, 5.74) is 0. The lowest BCUT2D eigenvalue weighted by atomic mass is 9.91. The van der Waals surface area contributed by atoms with Crippen LogP contribution in [0.4, 0.5) is 0 Å². The fraction of sp³-hybridized carbons (Fsp3) is 1.00. The largest absolute Gasteiger partial charge is 0.396 e. The molecule has 0 bridgehead atoms. The highest BCUT2D eigenvalue weighted by atomic mass is 16.3. The maximum absolute atomic E-state index is 8.82. The third kappa shape index (κ3) is 6.36. The summed E-state index contributed by atoms with van der Waals surface area (Å²) in [5.74, 6) is 2.02. The summed E-state index contributed by atoms with van der Waals surface area (Å²) < 4.78 is 0. The lowest BCUT2D eigenvalue weighted by Crippen LogP contribution is -2.08. The highest BCUT2D eigenvalue weighted by Crippen LogP contribution is 2.18. The zero-order valence-electron chi connectivity index (χ0n) is 8.30. The molecular formula is C10H22O. The van der Waals surface area contributed by atoms with Crippen molar-refractivity contribution < 1.29 is 5.11 Å². The second-order valence-electron chi connectivity index (χ2n) is 4.26. The molecule has 0 aromatic heterocycles. The number of rotatable bonds is 5. The van der Waals surface area contributed by atoms with E-state index < -0.39 is 0 Å². The highest BCUT2D eigenvalue weighted by Gasteiger charge is 2.08. The Morgan fingerprint density at radius 1 is 0.909 bits per heavy atom. The lowest BCUT2D eigenvalue weighted by molar-refractivity contribution is 0.209. The van der Waals surface area contributed by atoms with Crippen LogP contribution in [0, 0.1) is 17.8 Å². The second kappa shape index (κ2) is 5.59. The third-order valence-electron chi connectivity index (χ3n) is 1.99. The fourth-order valence-corrected chi connectivity index (χ4v) is 1.66. The Balaban J connectivity index is 3.43. The van der Waals surface area contributed by atoms with E-state index in [0.29, 0.717) is 12.5 Å². The van der Waals surface area contributed by atoms with E-state index in [1.165, 1.54) is 6.42 Å². The number of aliphatic hydroxyl groups excluding tert-OH is 1. The van der Waals surface area contributed by atoms with E-state index in [4.69, 9.17) is 5.11 Å². The molecule has 0 fully saturated rings. The zero-order chi connectivity index (χ0) is 8.85. The molecule has 0 aliphatic rings. The minimum atomic E-state index is 0.336. The van der Waals surface area contributed by atoms with Gasteiger partial charge in [-0.25, -0.2) is 0 Å². The van der Waals surface area contributed by atoms with Crippen molar-refractivity contribution in [2.24, 2.45) is 17.8 Å². The highest BCUT2D eigenvalue weighted by molar-refractivity contribution is 4.60. The standard InChI is InChI=1S/C10H22O/c1-8(2)5-9(3)6-10(4)7-11/h8-11H,5-7H2,1-4H3/t9-,10-/m1/s1. The van der Waals surface area contributed by atoms with Crippen LogP contribution in [0.2, 0.25) is 0 Å². The number of hydrogen-bond donors (Lipinski definition) is 1. The van der Waals surface area contributed by atoms with Crippen LogP contribution in [0.3, 0.4) is 0 Å². The molecule has 0 unspecified atom stereocenters. The van der Waals surface area contributed by atoms with Gasteiger partial charge in [-0.2, -0.15) is 0 Å². The molecule has 2 atom stereocenters. The molecule has 0 amide bonds. The van der Waals surface area contributed by atoms with Crippen LogP contribution in [-0.2, 0) is 0 Å². The van der Waals surface area contributed by atoms with Gasteiger partial charge in [0.15, 0.2) is 0 Å². The molecular weight excluding hydrogens is 136 g/mol. The molecule has 0 aliphatic heterocycles. The van der Waals surface area contributed by atoms with Gasteiger partial charge in [0, 0.05) is 6.61 Å². The van der Waals surface area contributed by atoms with Crippen molar-refractivity contribution in [1.29, 1.82) is 0 Å². The molecule has 0 rings (SSSR count). The van der Waals surface area contributed by atoms with E-state index in [9.17, 15) is 0 Å². The molecule has 0 heterocycles. The first-order valence-corrected chi connectivity index (χ1v) is 4.67. The first kappa shape index (κ1) is 11.0. The lowest BCUT2D eigenvalue weighted by Gasteiger charge is -2.16. The van der Waals surface area contributed by atoms with Crippen molar-refractivity contribution in [3.63, 3.8) is 0 Å². The predicted molar refractivity (Wildman–Crippen MR) is 49.5 cm³/mol. The Bertz CT molecular complexity index is 88.9. The van der Waals surface area contributed by atoms with Gasteiger partial charge >= 0.3 is 0 Å². The molecule has 68 valence electrons. The molecule has 0 aromatic rings. The molecule has 0 radical (unpaired) electrons. The summed E-state index contributed by atoms with van der Waals surface area (Å²) in [7, 11) is 0. The van der Waals surface area contributed by atoms with Gasteiger partial charge in [0.1, 0.15) is 0 Å². The minimum absolute atomic E-state index is 0.336. The van der Waals surface area contributed by atoms with E-state index in [1.54, 1.807) is 0 Å². The normalized spacial score (nSPS) is 16.9. The van der Waals surface area contributed by atoms with Crippen molar-refractivity contribution in [2.75, 3.05) is 6.61 Å². The van der Waals surface area contributed by atoms with Gasteiger partial charge in [-0.05, 0) is 30.6 Å². The van der Waals surface area contributed by atoms with Gasteiger partial charge in [-0.1, -0.05) is 27.7 Å². The van der Waals surface area contributed by atoms with Crippen molar-refractivity contribution in [2.45, 2.75) is 40.5 Å². The van der Waals surface area contributed by atoms with Crippen LogP contribution in [0.1, 0.15) is 40.5 Å². The van der Waals surface area contributed by atoms with Crippen molar-refractivity contribution in [1.82, 2.24) is 0 Å². The second-order valence-corrected chi connectivity index (χ2v) is 4.26. The predicted octanol–water partition coefficient (Wildman–Crippen LogP) is 2.69. The van der Waals surface area contributed by atoms with E-state index in [0.717, 1.165) is 18.3 Å². The monoisotopic (exact) mass is 158 g/mol. The Hall–Kier alpha value is -0.0400. The van der Waals surface area contributed by atoms with Gasteiger partial charge in [0.25, 0.3) is 0 Å². The first-order chi connectivity index (χ1) is 5.06. The molecule has 0 aliphatic carbocycles. The maximum Gasteiger partial charge on any atom is 0.0456 e. The van der Waals surface area contributed by atoms with Crippen molar-refractivity contribution in [3.05, 3.63) is 0 Å². The molecule has 1 N–H and O–H groups in total. The molecule has 1 nitrogen and oxygen atoms in total. The summed E-state index contributed by atoms with van der Waals surface area (Å²) in [6.07, 6.45) is 2.44. The van der Waals surface area contributed by atoms with Crippen molar-refractivity contribution in [3.8, 4) is 0 Å². The van der Waals surface area contributed by atoms with Gasteiger partial charge in [0.2, 0.25) is 0 Å². The fourth-order valence-electron chi connectivity index (χ4n) is 1.66. The molecule has 11 heavy (non-hydrogen) atoms. The molecule has 1 heteroatoms. The van der Waals surface area contributed by atoms with E-state index in [1.807, 2.05) is 0 Å². The van der Waals surface area contributed by atoms with Gasteiger partial charge < -0.3 is 5.11 Å². The van der Waals surface area contributed by atoms with Gasteiger partial charge in [-0.3, -0.25) is 0 Å². The van der Waals surface area contributed by atoms with Crippen molar-refractivity contribution >= 4 is 0 Å². The summed E-state index contributed by atoms with van der Waals surface area (Å²) in [6.45, 7) is 9.21. The Morgan fingerprint density at radius 3 is 1.82 bits per heavy atom. The maximum atomic E-state index is 8.82. The van der Waals surface area contributed by atoms with Crippen LogP contribution in [0.25, 0.3) is 0 Å². The van der Waals surface area contributed by atoms with Crippen LogP contribution in [-0.4, -0.2) is 11.7 Å². The van der Waals surface area contributed by atoms with Crippen LogP contribution in [0.15, 0.2) is 0 Å². The Kier molecular flexibility index (Phi) is 5.57. The number of aliphatic hydroxyl groups is 1. The Morgan fingerprint density at radius 2 is 1.45 bits per heavy atom.